The van der Waals surface area contributed by atoms with Gasteiger partial charge < -0.3 is 4.18 Å². The van der Waals surface area contributed by atoms with E-state index in [1.54, 1.807) is 19.1 Å². The SMILES string of the molecule is Cc1cc(C)c(OS(=O)O)c(COS(=O)O)c1. The summed E-state index contributed by atoms with van der Waals surface area (Å²) in [6.07, 6.45) is 0. The lowest BCUT2D eigenvalue weighted by atomic mass is 10.1. The number of rotatable bonds is 5. The third-order valence-corrected chi connectivity index (χ3v) is 2.59. The van der Waals surface area contributed by atoms with Gasteiger partial charge in [0.1, 0.15) is 0 Å². The van der Waals surface area contributed by atoms with Crippen molar-refractivity contribution in [2.75, 3.05) is 0 Å². The Balaban J connectivity index is 3.06. The zero-order valence-electron chi connectivity index (χ0n) is 9.21. The van der Waals surface area contributed by atoms with Crippen LogP contribution in [0.2, 0.25) is 0 Å². The summed E-state index contributed by atoms with van der Waals surface area (Å²) in [6.45, 7) is 3.35. The average Bonchev–Trinajstić information content (AvgIpc) is 2.18. The van der Waals surface area contributed by atoms with Gasteiger partial charge in [-0.05, 0) is 25.5 Å². The van der Waals surface area contributed by atoms with Crippen molar-refractivity contribution < 1.29 is 25.9 Å². The van der Waals surface area contributed by atoms with Gasteiger partial charge in [-0.15, -0.1) is 0 Å². The van der Waals surface area contributed by atoms with Gasteiger partial charge in [0.25, 0.3) is 0 Å². The molecule has 0 saturated heterocycles. The predicted octanol–water partition coefficient (Wildman–Crippen LogP) is 1.47. The highest BCUT2D eigenvalue weighted by Gasteiger charge is 2.12. The van der Waals surface area contributed by atoms with Crippen LogP contribution in [0.1, 0.15) is 16.7 Å². The van der Waals surface area contributed by atoms with Crippen LogP contribution in [0.15, 0.2) is 12.1 Å². The molecule has 0 aromatic heterocycles. The molecule has 0 aliphatic heterocycles. The van der Waals surface area contributed by atoms with Gasteiger partial charge in [0.2, 0.25) is 0 Å². The van der Waals surface area contributed by atoms with Crippen LogP contribution in [0.3, 0.4) is 0 Å². The summed E-state index contributed by atoms with van der Waals surface area (Å²) in [5.74, 6) is 0.182. The van der Waals surface area contributed by atoms with Crippen molar-refractivity contribution in [3.8, 4) is 5.75 Å². The summed E-state index contributed by atoms with van der Waals surface area (Å²) in [5.41, 5.74) is 1.97. The molecular formula is C9H12O6S2. The Labute approximate surface area is 104 Å². The van der Waals surface area contributed by atoms with Crippen LogP contribution >= 0.6 is 0 Å². The Bertz CT molecular complexity index is 459. The van der Waals surface area contributed by atoms with E-state index in [9.17, 15) is 8.42 Å². The minimum absolute atomic E-state index is 0.182. The van der Waals surface area contributed by atoms with Crippen LogP contribution in [0, 0.1) is 13.8 Å². The van der Waals surface area contributed by atoms with Gasteiger partial charge in [0.05, 0.1) is 6.61 Å². The molecule has 8 heteroatoms. The normalized spacial score (nSPS) is 14.4. The van der Waals surface area contributed by atoms with Crippen LogP contribution in [0.25, 0.3) is 0 Å². The van der Waals surface area contributed by atoms with Gasteiger partial charge in [-0.3, -0.25) is 13.3 Å². The predicted molar refractivity (Wildman–Crippen MR) is 62.9 cm³/mol. The topological polar surface area (TPSA) is 93.1 Å². The van der Waals surface area contributed by atoms with E-state index in [1.807, 2.05) is 6.92 Å². The third kappa shape index (κ3) is 4.52. The second kappa shape index (κ2) is 6.22. The van der Waals surface area contributed by atoms with Crippen LogP contribution in [-0.4, -0.2) is 17.5 Å². The molecule has 1 aromatic carbocycles. The first-order chi connectivity index (χ1) is 7.90. The van der Waals surface area contributed by atoms with E-state index in [0.717, 1.165) is 5.56 Å². The molecule has 0 saturated carbocycles. The highest BCUT2D eigenvalue weighted by Crippen LogP contribution is 2.26. The lowest BCUT2D eigenvalue weighted by Crippen LogP contribution is -2.05. The lowest BCUT2D eigenvalue weighted by Gasteiger charge is -2.11. The first-order valence-corrected chi connectivity index (χ1v) is 6.60. The van der Waals surface area contributed by atoms with Crippen molar-refractivity contribution in [1.29, 1.82) is 0 Å². The summed E-state index contributed by atoms with van der Waals surface area (Å²) < 4.78 is 47.5. The van der Waals surface area contributed by atoms with Crippen LogP contribution in [0.4, 0.5) is 0 Å². The zero-order chi connectivity index (χ0) is 13.0. The smallest absolute Gasteiger partial charge is 0.357 e. The highest BCUT2D eigenvalue weighted by molar-refractivity contribution is 7.74. The van der Waals surface area contributed by atoms with E-state index in [-0.39, 0.29) is 12.4 Å². The van der Waals surface area contributed by atoms with Crippen molar-refractivity contribution in [2.24, 2.45) is 0 Å². The number of aryl methyl sites for hydroxylation is 2. The molecule has 1 rings (SSSR count). The van der Waals surface area contributed by atoms with E-state index in [0.29, 0.717) is 11.1 Å². The fourth-order valence-corrected chi connectivity index (χ4v) is 2.06. The summed E-state index contributed by atoms with van der Waals surface area (Å²) in [6, 6.07) is 3.42. The van der Waals surface area contributed by atoms with E-state index in [2.05, 4.69) is 4.18 Å². The maximum atomic E-state index is 10.6. The van der Waals surface area contributed by atoms with Gasteiger partial charge in [0.15, 0.2) is 5.75 Å². The monoisotopic (exact) mass is 280 g/mol. The standard InChI is InChI=1S/C9H12O6S2/c1-6-3-7(2)9(15-17(12)13)8(4-6)5-14-16(10)11/h3-4H,5H2,1-2H3,(H,10,11)(H,12,13). The van der Waals surface area contributed by atoms with Crippen LogP contribution in [0.5, 0.6) is 5.75 Å². The molecule has 0 heterocycles. The largest absolute Gasteiger partial charge is 0.379 e. The molecule has 17 heavy (non-hydrogen) atoms. The first kappa shape index (κ1) is 14.3. The van der Waals surface area contributed by atoms with Gasteiger partial charge >= 0.3 is 22.7 Å². The molecular weight excluding hydrogens is 268 g/mol. The summed E-state index contributed by atoms with van der Waals surface area (Å²) in [7, 11) is 0. The molecule has 0 fully saturated rings. The van der Waals surface area contributed by atoms with Gasteiger partial charge in [-0.1, -0.05) is 11.6 Å². The first-order valence-electron chi connectivity index (χ1n) is 4.53. The van der Waals surface area contributed by atoms with Crippen molar-refractivity contribution >= 4 is 22.7 Å². The Morgan fingerprint density at radius 1 is 1.18 bits per heavy atom. The quantitative estimate of drug-likeness (QED) is 0.793. The Kier molecular flexibility index (Phi) is 5.22. The van der Waals surface area contributed by atoms with Crippen LogP contribution < -0.4 is 4.18 Å². The molecule has 96 valence electrons. The molecule has 1 aromatic rings. The van der Waals surface area contributed by atoms with E-state index < -0.39 is 22.7 Å². The molecule has 0 amide bonds. The summed E-state index contributed by atoms with van der Waals surface area (Å²) >= 11 is -4.85. The fourth-order valence-electron chi connectivity index (χ4n) is 1.45. The van der Waals surface area contributed by atoms with Gasteiger partial charge in [-0.25, -0.2) is 0 Å². The lowest BCUT2D eigenvalue weighted by molar-refractivity contribution is 0.293. The molecule has 0 aliphatic rings. The van der Waals surface area contributed by atoms with Crippen molar-refractivity contribution in [3.05, 3.63) is 28.8 Å². The summed E-state index contributed by atoms with van der Waals surface area (Å²) in [4.78, 5) is 0. The van der Waals surface area contributed by atoms with Crippen molar-refractivity contribution in [3.63, 3.8) is 0 Å². The van der Waals surface area contributed by atoms with Crippen molar-refractivity contribution in [2.45, 2.75) is 20.5 Å². The number of benzene rings is 1. The zero-order valence-corrected chi connectivity index (χ0v) is 10.8. The molecule has 0 radical (unpaired) electrons. The third-order valence-electron chi connectivity index (χ3n) is 1.97. The number of hydrogen-bond acceptors (Lipinski definition) is 4. The Hall–Kier alpha value is -0.800. The maximum absolute atomic E-state index is 10.6. The minimum atomic E-state index is -2.45. The molecule has 0 aliphatic carbocycles. The van der Waals surface area contributed by atoms with E-state index in [1.165, 1.54) is 0 Å². The maximum Gasteiger partial charge on any atom is 0.357 e. The molecule has 2 atom stereocenters. The number of hydrogen-bond donors (Lipinski definition) is 2. The Morgan fingerprint density at radius 2 is 1.82 bits per heavy atom. The summed E-state index contributed by atoms with van der Waals surface area (Å²) in [5, 5.41) is 0. The van der Waals surface area contributed by atoms with Gasteiger partial charge in [0, 0.05) is 5.56 Å². The molecule has 0 spiro atoms. The minimum Gasteiger partial charge on any atom is -0.379 e. The highest BCUT2D eigenvalue weighted by atomic mass is 32.2. The average molecular weight is 280 g/mol. The van der Waals surface area contributed by atoms with Crippen LogP contribution in [-0.2, 0) is 33.5 Å². The van der Waals surface area contributed by atoms with E-state index >= 15 is 0 Å². The Morgan fingerprint density at radius 3 is 2.35 bits per heavy atom. The van der Waals surface area contributed by atoms with E-state index in [4.69, 9.17) is 13.3 Å². The molecule has 2 N–H and O–H groups in total. The molecule has 2 unspecified atom stereocenters. The second-order valence-corrected chi connectivity index (χ2v) is 4.62. The molecule has 6 nitrogen and oxygen atoms in total. The fraction of sp³-hybridized carbons (Fsp3) is 0.333. The van der Waals surface area contributed by atoms with Gasteiger partial charge in [-0.2, -0.15) is 8.42 Å². The van der Waals surface area contributed by atoms with Crippen molar-refractivity contribution in [1.82, 2.24) is 0 Å². The second-order valence-electron chi connectivity index (χ2n) is 3.35. The molecule has 0 bridgehead atoms.